The molecule has 1 aliphatic heterocycles. The smallest absolute Gasteiger partial charge is 0.161 e. The minimum atomic E-state index is 0.607. The molecule has 1 N–H and O–H groups in total. The molecule has 0 saturated carbocycles. The zero-order chi connectivity index (χ0) is 13.8. The van der Waals surface area contributed by atoms with Crippen LogP contribution in [0.15, 0.2) is 27.7 Å². The van der Waals surface area contributed by atoms with Gasteiger partial charge in [-0.2, -0.15) is 0 Å². The summed E-state index contributed by atoms with van der Waals surface area (Å²) in [4.78, 5) is 4.60. The number of rotatable bonds is 4. The van der Waals surface area contributed by atoms with Gasteiger partial charge in [-0.3, -0.25) is 4.99 Å². The molecule has 2 rings (SSSR count). The number of thioether (sulfide) groups is 1. The van der Waals surface area contributed by atoms with Crippen LogP contribution in [0.25, 0.3) is 0 Å². The second kappa shape index (κ2) is 7.00. The van der Waals surface area contributed by atoms with Gasteiger partial charge in [-0.25, -0.2) is 0 Å². The molecule has 1 aliphatic rings. The Kier molecular flexibility index (Phi) is 5.60. The third-order valence-corrected chi connectivity index (χ3v) is 6.13. The normalized spacial score (nSPS) is 18.8. The lowest BCUT2D eigenvalue weighted by atomic mass is 9.99. The molecular weight excluding hydrogens is 344 g/mol. The van der Waals surface area contributed by atoms with Crippen LogP contribution in [0, 0.1) is 5.92 Å². The first-order valence-electron chi connectivity index (χ1n) is 6.57. The summed E-state index contributed by atoms with van der Waals surface area (Å²) in [5, 5.41) is 5.68. The summed E-state index contributed by atoms with van der Waals surface area (Å²) in [5.41, 5.74) is 0.976. The highest BCUT2D eigenvalue weighted by Gasteiger charge is 2.26. The van der Waals surface area contributed by atoms with Crippen molar-refractivity contribution in [3.8, 4) is 0 Å². The van der Waals surface area contributed by atoms with E-state index in [1.807, 2.05) is 30.0 Å². The van der Waals surface area contributed by atoms with Crippen LogP contribution in [-0.4, -0.2) is 17.0 Å². The molecule has 5 heteroatoms. The van der Waals surface area contributed by atoms with Crippen LogP contribution < -0.4 is 5.32 Å². The number of hydrogen-bond donors (Lipinski definition) is 1. The fraction of sp³-hybridized carbons (Fsp3) is 0.500. The molecule has 0 radical (unpaired) electrons. The quantitative estimate of drug-likeness (QED) is 0.774. The van der Waals surface area contributed by atoms with E-state index in [1.165, 1.54) is 12.8 Å². The molecular formula is C14H18BrClN2S. The number of aliphatic imine (C=N–C) groups is 1. The maximum Gasteiger partial charge on any atom is 0.161 e. The Labute approximate surface area is 132 Å². The maximum absolute atomic E-state index is 6.09. The van der Waals surface area contributed by atoms with E-state index in [9.17, 15) is 0 Å². The van der Waals surface area contributed by atoms with Crippen molar-refractivity contribution >= 4 is 50.1 Å². The fourth-order valence-electron chi connectivity index (χ4n) is 2.24. The number of anilines is 1. The summed E-state index contributed by atoms with van der Waals surface area (Å²) in [6.45, 7) is 5.43. The molecule has 0 fully saturated rings. The Morgan fingerprint density at radius 3 is 2.89 bits per heavy atom. The van der Waals surface area contributed by atoms with Gasteiger partial charge in [0.15, 0.2) is 5.17 Å². The van der Waals surface area contributed by atoms with E-state index in [2.05, 4.69) is 40.1 Å². The number of halogens is 2. The van der Waals surface area contributed by atoms with Crippen LogP contribution >= 0.6 is 39.3 Å². The topological polar surface area (TPSA) is 24.4 Å². The Hall–Kier alpha value is -0.190. The summed E-state index contributed by atoms with van der Waals surface area (Å²) < 4.78 is 0.894. The van der Waals surface area contributed by atoms with Gasteiger partial charge in [0.05, 0.1) is 21.7 Å². The lowest BCUT2D eigenvalue weighted by molar-refractivity contribution is 0.479. The zero-order valence-electron chi connectivity index (χ0n) is 11.1. The van der Waals surface area contributed by atoms with Gasteiger partial charge < -0.3 is 5.32 Å². The van der Waals surface area contributed by atoms with Gasteiger partial charge in [0.2, 0.25) is 0 Å². The lowest BCUT2D eigenvalue weighted by Crippen LogP contribution is -2.17. The van der Waals surface area contributed by atoms with E-state index >= 15 is 0 Å². The largest absolute Gasteiger partial charge is 0.334 e. The average Bonchev–Trinajstić information content (AvgIpc) is 2.85. The van der Waals surface area contributed by atoms with Gasteiger partial charge in [0, 0.05) is 5.25 Å². The summed E-state index contributed by atoms with van der Waals surface area (Å²) in [6.07, 6.45) is 2.44. The second-order valence-corrected chi connectivity index (χ2v) is 7.03. The van der Waals surface area contributed by atoms with Crippen LogP contribution in [0.5, 0.6) is 0 Å². The molecule has 0 amide bonds. The predicted molar refractivity (Wildman–Crippen MR) is 90.5 cm³/mol. The van der Waals surface area contributed by atoms with E-state index in [0.717, 1.165) is 27.8 Å². The van der Waals surface area contributed by atoms with Crippen LogP contribution in [0.2, 0.25) is 5.02 Å². The molecule has 1 aromatic carbocycles. The van der Waals surface area contributed by atoms with Crippen molar-refractivity contribution in [1.82, 2.24) is 0 Å². The van der Waals surface area contributed by atoms with Crippen molar-refractivity contribution in [2.24, 2.45) is 10.9 Å². The molecule has 104 valence electrons. The molecule has 19 heavy (non-hydrogen) atoms. The van der Waals surface area contributed by atoms with Gasteiger partial charge in [-0.15, -0.1) is 0 Å². The average molecular weight is 362 g/mol. The van der Waals surface area contributed by atoms with Crippen molar-refractivity contribution in [2.75, 3.05) is 11.9 Å². The van der Waals surface area contributed by atoms with Gasteiger partial charge in [-0.1, -0.05) is 56.1 Å². The van der Waals surface area contributed by atoms with Crippen molar-refractivity contribution in [3.63, 3.8) is 0 Å². The van der Waals surface area contributed by atoms with E-state index in [-0.39, 0.29) is 0 Å². The monoisotopic (exact) mass is 360 g/mol. The number of nitrogens with one attached hydrogen (secondary N) is 1. The van der Waals surface area contributed by atoms with E-state index in [0.29, 0.717) is 10.3 Å². The Morgan fingerprint density at radius 2 is 2.21 bits per heavy atom. The van der Waals surface area contributed by atoms with Crippen LogP contribution in [-0.2, 0) is 0 Å². The minimum absolute atomic E-state index is 0.607. The molecule has 1 aromatic rings. The first-order chi connectivity index (χ1) is 9.15. The van der Waals surface area contributed by atoms with Crippen LogP contribution in [0.1, 0.15) is 26.7 Å². The Balaban J connectivity index is 2.00. The molecule has 0 aromatic heterocycles. The van der Waals surface area contributed by atoms with Crippen molar-refractivity contribution in [1.29, 1.82) is 0 Å². The maximum atomic E-state index is 6.09. The summed E-state index contributed by atoms with van der Waals surface area (Å²) in [5.74, 6) is 0.746. The SMILES string of the molecule is CCC(CC)C1CN=C(Nc2cccc(Cl)c2Br)S1. The van der Waals surface area contributed by atoms with Gasteiger partial charge >= 0.3 is 0 Å². The number of amidine groups is 1. The highest BCUT2D eigenvalue weighted by atomic mass is 79.9. The Morgan fingerprint density at radius 1 is 1.47 bits per heavy atom. The van der Waals surface area contributed by atoms with E-state index in [1.54, 1.807) is 0 Å². The number of nitrogens with zero attached hydrogens (tertiary/aromatic N) is 1. The third kappa shape index (κ3) is 3.67. The summed E-state index contributed by atoms with van der Waals surface area (Å²) in [6, 6.07) is 5.81. The minimum Gasteiger partial charge on any atom is -0.334 e. The first-order valence-corrected chi connectivity index (χ1v) is 8.62. The molecule has 0 saturated heterocycles. The summed E-state index contributed by atoms with van der Waals surface area (Å²) in [7, 11) is 0. The van der Waals surface area contributed by atoms with E-state index < -0.39 is 0 Å². The molecule has 1 heterocycles. The van der Waals surface area contributed by atoms with Crippen molar-refractivity contribution in [3.05, 3.63) is 27.7 Å². The summed E-state index contributed by atoms with van der Waals surface area (Å²) >= 11 is 11.4. The standard InChI is InChI=1S/C14H18BrClN2S/c1-3-9(4-2)12-8-17-14(19-12)18-11-7-5-6-10(16)13(11)15/h5-7,9,12H,3-4,8H2,1-2H3,(H,17,18). The molecule has 0 bridgehead atoms. The Bertz CT molecular complexity index is 475. The van der Waals surface area contributed by atoms with Gasteiger partial charge in [0.1, 0.15) is 0 Å². The van der Waals surface area contributed by atoms with Gasteiger partial charge in [0.25, 0.3) is 0 Å². The van der Waals surface area contributed by atoms with Crippen molar-refractivity contribution < 1.29 is 0 Å². The molecule has 0 spiro atoms. The number of hydrogen-bond acceptors (Lipinski definition) is 3. The fourth-order valence-corrected chi connectivity index (χ4v) is 4.10. The number of benzene rings is 1. The third-order valence-electron chi connectivity index (χ3n) is 3.45. The van der Waals surface area contributed by atoms with Crippen LogP contribution in [0.3, 0.4) is 0 Å². The lowest BCUT2D eigenvalue weighted by Gasteiger charge is -2.18. The predicted octanol–water partition coefficient (Wildman–Crippen LogP) is 5.42. The highest BCUT2D eigenvalue weighted by molar-refractivity contribution is 9.10. The first kappa shape index (κ1) is 15.2. The molecule has 1 atom stereocenters. The molecule has 0 aliphatic carbocycles. The van der Waals surface area contributed by atoms with Gasteiger partial charge in [-0.05, 0) is 34.0 Å². The molecule has 2 nitrogen and oxygen atoms in total. The van der Waals surface area contributed by atoms with Crippen molar-refractivity contribution in [2.45, 2.75) is 31.9 Å². The zero-order valence-corrected chi connectivity index (χ0v) is 14.3. The van der Waals surface area contributed by atoms with Crippen LogP contribution in [0.4, 0.5) is 5.69 Å². The second-order valence-electron chi connectivity index (χ2n) is 4.61. The van der Waals surface area contributed by atoms with E-state index in [4.69, 9.17) is 11.6 Å². The highest BCUT2D eigenvalue weighted by Crippen LogP contribution is 2.34. The molecule has 1 unspecified atom stereocenters.